The Morgan fingerprint density at radius 1 is 1.43 bits per heavy atom. The number of aromatic carboxylic acids is 1. The number of benzene rings is 1. The lowest BCUT2D eigenvalue weighted by atomic mass is 10.2. The molecular weight excluding hydrogens is 297 g/mol. The zero-order valence-corrected chi connectivity index (χ0v) is 11.9. The van der Waals surface area contributed by atoms with E-state index in [2.05, 4.69) is 14.9 Å². The number of nitrogens with one attached hydrogen (secondary N) is 1. The highest BCUT2D eigenvalue weighted by atomic mass is 32.1. The van der Waals surface area contributed by atoms with E-state index < -0.39 is 17.7 Å². The molecule has 0 aliphatic heterocycles. The second-order valence-corrected chi connectivity index (χ2v) is 5.01. The molecule has 6 nitrogen and oxygen atoms in total. The molecule has 1 aromatic carbocycles. The van der Waals surface area contributed by atoms with Gasteiger partial charge in [0, 0.05) is 0 Å². The normalized spacial score (nSPS) is 10.4. The molecule has 0 aliphatic rings. The fraction of sp³-hybridized carbons (Fsp3) is 0.231. The maximum atomic E-state index is 13.6. The summed E-state index contributed by atoms with van der Waals surface area (Å²) >= 11 is 0.921. The first kappa shape index (κ1) is 15.0. The van der Waals surface area contributed by atoms with Gasteiger partial charge in [-0.1, -0.05) is 17.8 Å². The Kier molecular flexibility index (Phi) is 4.59. The third-order valence-corrected chi connectivity index (χ3v) is 3.48. The molecule has 2 aromatic rings. The maximum Gasteiger partial charge on any atom is 0.335 e. The van der Waals surface area contributed by atoms with Gasteiger partial charge in [-0.05, 0) is 36.2 Å². The summed E-state index contributed by atoms with van der Waals surface area (Å²) in [5, 5.41) is 15.1. The number of rotatable bonds is 5. The van der Waals surface area contributed by atoms with E-state index in [1.807, 2.05) is 6.92 Å². The Balaban J connectivity index is 2.25. The van der Waals surface area contributed by atoms with E-state index in [1.165, 1.54) is 0 Å². The summed E-state index contributed by atoms with van der Waals surface area (Å²) in [5.74, 6) is -2.45. The Morgan fingerprint density at radius 3 is 2.86 bits per heavy atom. The number of nitrogens with zero attached hydrogens (tertiary/aromatic N) is 2. The molecule has 1 heterocycles. The van der Waals surface area contributed by atoms with E-state index in [4.69, 9.17) is 5.11 Å². The maximum absolute atomic E-state index is 13.6. The van der Waals surface area contributed by atoms with Gasteiger partial charge in [0.15, 0.2) is 0 Å². The van der Waals surface area contributed by atoms with Crippen molar-refractivity contribution in [1.82, 2.24) is 9.59 Å². The molecule has 1 amide bonds. The van der Waals surface area contributed by atoms with Crippen LogP contribution in [0.15, 0.2) is 18.2 Å². The number of amides is 1. The molecule has 0 spiro atoms. The lowest BCUT2D eigenvalue weighted by Crippen LogP contribution is -2.14. The number of anilines is 1. The Hall–Kier alpha value is -2.35. The largest absolute Gasteiger partial charge is 0.478 e. The molecule has 21 heavy (non-hydrogen) atoms. The highest BCUT2D eigenvalue weighted by molar-refractivity contribution is 7.08. The monoisotopic (exact) mass is 309 g/mol. The number of aryl methyl sites for hydroxylation is 1. The second kappa shape index (κ2) is 6.40. The van der Waals surface area contributed by atoms with Gasteiger partial charge in [0.05, 0.1) is 16.9 Å². The van der Waals surface area contributed by atoms with Crippen LogP contribution in [0.5, 0.6) is 0 Å². The van der Waals surface area contributed by atoms with Crippen LogP contribution < -0.4 is 5.32 Å². The van der Waals surface area contributed by atoms with Crippen LogP contribution in [0.25, 0.3) is 0 Å². The molecule has 110 valence electrons. The van der Waals surface area contributed by atoms with Crippen LogP contribution in [0.3, 0.4) is 0 Å². The molecule has 0 saturated carbocycles. The fourth-order valence-corrected chi connectivity index (χ4v) is 2.32. The predicted octanol–water partition coefficient (Wildman–Crippen LogP) is 2.58. The van der Waals surface area contributed by atoms with Crippen molar-refractivity contribution >= 4 is 29.1 Å². The molecule has 0 bridgehead atoms. The highest BCUT2D eigenvalue weighted by Crippen LogP contribution is 2.19. The van der Waals surface area contributed by atoms with Gasteiger partial charge in [-0.2, -0.15) is 0 Å². The van der Waals surface area contributed by atoms with Crippen LogP contribution in [0.4, 0.5) is 10.1 Å². The summed E-state index contributed by atoms with van der Waals surface area (Å²) in [6.45, 7) is 1.94. The molecular formula is C13H12FN3O3S. The first-order chi connectivity index (χ1) is 10.0. The Bertz CT molecular complexity index is 687. The van der Waals surface area contributed by atoms with Crippen molar-refractivity contribution in [2.75, 3.05) is 5.32 Å². The number of carbonyl (C=O) groups excluding carboxylic acids is 1. The number of carbonyl (C=O) groups is 2. The van der Waals surface area contributed by atoms with E-state index in [1.54, 1.807) is 0 Å². The summed E-state index contributed by atoms with van der Waals surface area (Å²) in [7, 11) is 0. The third-order valence-electron chi connectivity index (χ3n) is 2.71. The van der Waals surface area contributed by atoms with Crippen LogP contribution in [-0.2, 0) is 6.42 Å². The topological polar surface area (TPSA) is 92.2 Å². The number of aromatic nitrogens is 2. The summed E-state index contributed by atoms with van der Waals surface area (Å²) in [4.78, 5) is 23.3. The van der Waals surface area contributed by atoms with Crippen molar-refractivity contribution in [1.29, 1.82) is 0 Å². The van der Waals surface area contributed by atoms with Crippen molar-refractivity contribution in [3.8, 4) is 0 Å². The lowest BCUT2D eigenvalue weighted by Gasteiger charge is -2.06. The van der Waals surface area contributed by atoms with Crippen molar-refractivity contribution in [3.63, 3.8) is 0 Å². The van der Waals surface area contributed by atoms with Gasteiger partial charge < -0.3 is 10.4 Å². The van der Waals surface area contributed by atoms with E-state index in [0.29, 0.717) is 17.0 Å². The molecule has 0 atom stereocenters. The van der Waals surface area contributed by atoms with Gasteiger partial charge >= 0.3 is 5.97 Å². The van der Waals surface area contributed by atoms with Crippen molar-refractivity contribution in [2.24, 2.45) is 0 Å². The van der Waals surface area contributed by atoms with Crippen molar-refractivity contribution in [3.05, 3.63) is 40.2 Å². The third kappa shape index (κ3) is 3.40. The van der Waals surface area contributed by atoms with E-state index >= 15 is 0 Å². The molecule has 0 radical (unpaired) electrons. The summed E-state index contributed by atoms with van der Waals surface area (Å²) in [6, 6.07) is 3.20. The average molecular weight is 309 g/mol. The van der Waals surface area contributed by atoms with Crippen LogP contribution in [0, 0.1) is 5.82 Å². The van der Waals surface area contributed by atoms with Gasteiger partial charge in [0.25, 0.3) is 5.91 Å². The van der Waals surface area contributed by atoms with Crippen molar-refractivity contribution in [2.45, 2.75) is 19.8 Å². The minimum atomic E-state index is -1.20. The number of hydrogen-bond acceptors (Lipinski definition) is 5. The van der Waals surface area contributed by atoms with Gasteiger partial charge in [-0.3, -0.25) is 4.79 Å². The van der Waals surface area contributed by atoms with Crippen LogP contribution in [-0.4, -0.2) is 26.6 Å². The lowest BCUT2D eigenvalue weighted by molar-refractivity contribution is 0.0696. The van der Waals surface area contributed by atoms with E-state index in [9.17, 15) is 14.0 Å². The highest BCUT2D eigenvalue weighted by Gasteiger charge is 2.18. The minimum Gasteiger partial charge on any atom is -0.478 e. The zero-order chi connectivity index (χ0) is 15.4. The Morgan fingerprint density at radius 2 is 2.19 bits per heavy atom. The average Bonchev–Trinajstić information content (AvgIpc) is 2.89. The minimum absolute atomic E-state index is 0.108. The first-order valence-electron chi connectivity index (χ1n) is 6.18. The van der Waals surface area contributed by atoms with Gasteiger partial charge in [-0.15, -0.1) is 5.10 Å². The number of carboxylic acids is 1. The van der Waals surface area contributed by atoms with Crippen LogP contribution in [0.1, 0.15) is 39.1 Å². The smallest absolute Gasteiger partial charge is 0.335 e. The SMILES string of the molecule is CCCc1nnsc1C(=O)Nc1cc(C(=O)O)ccc1F. The summed E-state index contributed by atoms with van der Waals surface area (Å²) in [6.07, 6.45) is 1.39. The van der Waals surface area contributed by atoms with Gasteiger partial charge in [0.1, 0.15) is 10.7 Å². The number of hydrogen-bond donors (Lipinski definition) is 2. The zero-order valence-electron chi connectivity index (χ0n) is 11.1. The van der Waals surface area contributed by atoms with Crippen molar-refractivity contribution < 1.29 is 19.1 Å². The second-order valence-electron chi connectivity index (χ2n) is 4.25. The van der Waals surface area contributed by atoms with E-state index in [-0.39, 0.29) is 11.3 Å². The van der Waals surface area contributed by atoms with E-state index in [0.717, 1.165) is 36.2 Å². The molecule has 0 fully saturated rings. The van der Waals surface area contributed by atoms with Crippen LogP contribution in [0.2, 0.25) is 0 Å². The predicted molar refractivity (Wildman–Crippen MR) is 75.2 cm³/mol. The standard InChI is InChI=1S/C13H12FN3O3S/c1-2-3-9-11(21-17-16-9)12(18)15-10-6-7(13(19)20)4-5-8(10)14/h4-6H,2-3H2,1H3,(H,15,18)(H,19,20). The molecule has 8 heteroatoms. The molecule has 2 N–H and O–H groups in total. The van der Waals surface area contributed by atoms with Crippen LogP contribution >= 0.6 is 11.5 Å². The quantitative estimate of drug-likeness (QED) is 0.885. The molecule has 1 aromatic heterocycles. The van der Waals surface area contributed by atoms with Gasteiger partial charge in [-0.25, -0.2) is 9.18 Å². The molecule has 0 saturated heterocycles. The number of halogens is 1. The summed E-state index contributed by atoms with van der Waals surface area (Å²) in [5.41, 5.74) is 0.258. The number of carboxylic acid groups (broad SMARTS) is 1. The molecule has 2 rings (SSSR count). The summed E-state index contributed by atoms with van der Waals surface area (Å²) < 4.78 is 17.4. The first-order valence-corrected chi connectivity index (χ1v) is 6.95. The molecule has 0 unspecified atom stereocenters. The molecule has 0 aliphatic carbocycles. The fourth-order valence-electron chi connectivity index (χ4n) is 1.71. The Labute approximate surface area is 123 Å². The van der Waals surface area contributed by atoms with Gasteiger partial charge in [0.2, 0.25) is 0 Å².